The molecule has 1 amide bonds. The predicted octanol–water partition coefficient (Wildman–Crippen LogP) is 3.23. The second-order valence-electron chi connectivity index (χ2n) is 5.16. The predicted molar refractivity (Wildman–Crippen MR) is 98.2 cm³/mol. The summed E-state index contributed by atoms with van der Waals surface area (Å²) in [5.74, 6) is 2.29. The summed E-state index contributed by atoms with van der Waals surface area (Å²) in [5.41, 5.74) is 3.05. The molecule has 138 valence electrons. The van der Waals surface area contributed by atoms with Gasteiger partial charge in [-0.2, -0.15) is 5.10 Å². The lowest BCUT2D eigenvalue weighted by molar-refractivity contribution is 0.171. The van der Waals surface area contributed by atoms with Crippen LogP contribution in [0.1, 0.15) is 12.0 Å². The smallest absolute Gasteiger partial charge is 0.427 e. The summed E-state index contributed by atoms with van der Waals surface area (Å²) in [6.45, 7) is 1.10. The third-order valence-electron chi connectivity index (χ3n) is 3.30. The van der Waals surface area contributed by atoms with E-state index in [-0.39, 0.29) is 0 Å². The number of rotatable bonds is 9. The summed E-state index contributed by atoms with van der Waals surface area (Å²) in [7, 11) is 2.90. The van der Waals surface area contributed by atoms with Crippen molar-refractivity contribution in [3.8, 4) is 17.2 Å². The van der Waals surface area contributed by atoms with E-state index < -0.39 is 6.09 Å². The number of ether oxygens (including phenoxy) is 4. The maximum absolute atomic E-state index is 10.9. The Kier molecular flexibility index (Phi) is 7.79. The third-order valence-corrected chi connectivity index (χ3v) is 3.30. The van der Waals surface area contributed by atoms with E-state index in [1.165, 1.54) is 13.3 Å². The number of benzene rings is 2. The van der Waals surface area contributed by atoms with E-state index >= 15 is 0 Å². The summed E-state index contributed by atoms with van der Waals surface area (Å²) < 4.78 is 20.9. The van der Waals surface area contributed by atoms with Crippen LogP contribution >= 0.6 is 0 Å². The number of methoxy groups -OCH3 is 2. The van der Waals surface area contributed by atoms with Crippen molar-refractivity contribution >= 4 is 12.3 Å². The molecule has 0 heterocycles. The van der Waals surface area contributed by atoms with Gasteiger partial charge in [0.05, 0.1) is 33.6 Å². The molecular formula is C19H22N2O5. The molecule has 7 heteroatoms. The average molecular weight is 358 g/mol. The minimum atomic E-state index is -0.614. The minimum Gasteiger partial charge on any atom is -0.497 e. The lowest BCUT2D eigenvalue weighted by Crippen LogP contribution is -2.16. The topological polar surface area (TPSA) is 78.4 Å². The van der Waals surface area contributed by atoms with E-state index in [0.717, 1.165) is 29.2 Å². The number of carbonyl (C=O) groups is 1. The van der Waals surface area contributed by atoms with Gasteiger partial charge in [0, 0.05) is 12.5 Å². The molecule has 0 aliphatic heterocycles. The first-order valence-electron chi connectivity index (χ1n) is 8.08. The zero-order valence-electron chi connectivity index (χ0n) is 14.8. The van der Waals surface area contributed by atoms with Gasteiger partial charge in [-0.15, -0.1) is 0 Å². The molecule has 0 aliphatic rings. The molecule has 0 saturated carbocycles. The molecule has 0 aliphatic carbocycles. The van der Waals surface area contributed by atoms with Gasteiger partial charge in [0.2, 0.25) is 0 Å². The van der Waals surface area contributed by atoms with Crippen LogP contribution in [-0.4, -0.2) is 39.7 Å². The van der Waals surface area contributed by atoms with Crippen LogP contribution in [0.25, 0.3) is 0 Å². The second-order valence-corrected chi connectivity index (χ2v) is 5.16. The van der Waals surface area contributed by atoms with Gasteiger partial charge >= 0.3 is 6.09 Å². The number of hydrogen-bond donors (Lipinski definition) is 1. The average Bonchev–Trinajstić information content (AvgIpc) is 2.69. The second kappa shape index (κ2) is 10.6. The molecule has 0 radical (unpaired) electrons. The van der Waals surface area contributed by atoms with E-state index in [2.05, 4.69) is 15.3 Å². The van der Waals surface area contributed by atoms with Crippen molar-refractivity contribution < 1.29 is 23.7 Å². The van der Waals surface area contributed by atoms with E-state index in [1.54, 1.807) is 7.11 Å². The van der Waals surface area contributed by atoms with Gasteiger partial charge in [-0.25, -0.2) is 10.2 Å². The molecule has 0 spiro atoms. The van der Waals surface area contributed by atoms with Gasteiger partial charge < -0.3 is 18.9 Å². The molecule has 2 rings (SSSR count). The van der Waals surface area contributed by atoms with Crippen molar-refractivity contribution in [1.29, 1.82) is 0 Å². The third kappa shape index (κ3) is 6.72. The minimum absolute atomic E-state index is 0.543. The fourth-order valence-electron chi connectivity index (χ4n) is 1.99. The van der Waals surface area contributed by atoms with Gasteiger partial charge in [-0.05, 0) is 42.0 Å². The summed E-state index contributed by atoms with van der Waals surface area (Å²) in [6, 6.07) is 14.8. The Balaban J connectivity index is 1.67. The van der Waals surface area contributed by atoms with Crippen molar-refractivity contribution in [3.05, 3.63) is 54.1 Å². The molecule has 0 bridgehead atoms. The first kappa shape index (κ1) is 19.1. The molecule has 0 unspecified atom stereocenters. The van der Waals surface area contributed by atoms with Crippen LogP contribution in [0.2, 0.25) is 0 Å². The maximum Gasteiger partial charge on any atom is 0.427 e. The SMILES string of the molecule is COC(=O)N/N=C/c1ccc(OCCCOc2cccc(OC)c2)cc1. The van der Waals surface area contributed by atoms with Crippen molar-refractivity contribution in [2.45, 2.75) is 6.42 Å². The molecule has 0 atom stereocenters. The summed E-state index contributed by atoms with van der Waals surface area (Å²) in [6.07, 6.45) is 1.66. The fourth-order valence-corrected chi connectivity index (χ4v) is 1.99. The van der Waals surface area contributed by atoms with Crippen molar-refractivity contribution in [2.24, 2.45) is 5.10 Å². The molecule has 1 N–H and O–H groups in total. The van der Waals surface area contributed by atoms with Crippen LogP contribution in [-0.2, 0) is 4.74 Å². The Bertz CT molecular complexity index is 716. The summed E-state index contributed by atoms with van der Waals surface area (Å²) in [5, 5.41) is 3.75. The van der Waals surface area contributed by atoms with Crippen LogP contribution in [0.4, 0.5) is 4.79 Å². The largest absolute Gasteiger partial charge is 0.497 e. The lowest BCUT2D eigenvalue weighted by atomic mass is 10.2. The van der Waals surface area contributed by atoms with Gasteiger partial charge in [0.15, 0.2) is 0 Å². The number of carbonyl (C=O) groups excluding carboxylic acids is 1. The van der Waals surface area contributed by atoms with Gasteiger partial charge in [0.25, 0.3) is 0 Å². The summed E-state index contributed by atoms with van der Waals surface area (Å²) >= 11 is 0. The molecular weight excluding hydrogens is 336 g/mol. The van der Waals surface area contributed by atoms with Gasteiger partial charge in [0.1, 0.15) is 17.2 Å². The Hall–Kier alpha value is -3.22. The molecule has 0 saturated heterocycles. The van der Waals surface area contributed by atoms with Crippen LogP contribution in [0.15, 0.2) is 53.6 Å². The molecule has 2 aromatic carbocycles. The number of amides is 1. The molecule has 7 nitrogen and oxygen atoms in total. The van der Waals surface area contributed by atoms with Crippen molar-refractivity contribution in [2.75, 3.05) is 27.4 Å². The van der Waals surface area contributed by atoms with Gasteiger partial charge in [-0.3, -0.25) is 0 Å². The zero-order chi connectivity index (χ0) is 18.6. The van der Waals surface area contributed by atoms with Crippen LogP contribution in [0.5, 0.6) is 17.2 Å². The highest BCUT2D eigenvalue weighted by atomic mass is 16.5. The van der Waals surface area contributed by atoms with E-state index in [4.69, 9.17) is 14.2 Å². The number of hydrazone groups is 1. The number of hydrogen-bond acceptors (Lipinski definition) is 6. The Labute approximate surface area is 152 Å². The quantitative estimate of drug-likeness (QED) is 0.423. The standard InChI is InChI=1S/C19H22N2O5/c1-23-17-5-3-6-18(13-17)26-12-4-11-25-16-9-7-15(8-10-16)14-20-21-19(22)24-2/h3,5-10,13-14H,4,11-12H2,1-2H3,(H,21,22)/b20-14+. The summed E-state index contributed by atoms with van der Waals surface area (Å²) in [4.78, 5) is 10.9. The van der Waals surface area contributed by atoms with Crippen molar-refractivity contribution in [1.82, 2.24) is 5.43 Å². The van der Waals surface area contributed by atoms with Crippen molar-refractivity contribution in [3.63, 3.8) is 0 Å². The Morgan fingerprint density at radius 1 is 1.00 bits per heavy atom. The lowest BCUT2D eigenvalue weighted by Gasteiger charge is -2.09. The number of nitrogens with zero attached hydrogens (tertiary/aromatic N) is 1. The Morgan fingerprint density at radius 2 is 1.69 bits per heavy atom. The maximum atomic E-state index is 10.9. The monoisotopic (exact) mass is 358 g/mol. The normalized spacial score (nSPS) is 10.4. The van der Waals surface area contributed by atoms with Crippen LogP contribution in [0, 0.1) is 0 Å². The van der Waals surface area contributed by atoms with E-state index in [0.29, 0.717) is 13.2 Å². The first-order chi connectivity index (χ1) is 12.7. The highest BCUT2D eigenvalue weighted by Crippen LogP contribution is 2.19. The molecule has 0 fully saturated rings. The molecule has 0 aromatic heterocycles. The van der Waals surface area contributed by atoms with Gasteiger partial charge in [-0.1, -0.05) is 6.07 Å². The first-order valence-corrected chi connectivity index (χ1v) is 8.08. The van der Waals surface area contributed by atoms with E-state index in [1.807, 2.05) is 48.5 Å². The zero-order valence-corrected chi connectivity index (χ0v) is 14.8. The van der Waals surface area contributed by atoms with Crippen LogP contribution in [0.3, 0.4) is 0 Å². The van der Waals surface area contributed by atoms with E-state index in [9.17, 15) is 4.79 Å². The van der Waals surface area contributed by atoms with Crippen LogP contribution < -0.4 is 19.6 Å². The highest BCUT2D eigenvalue weighted by molar-refractivity contribution is 5.80. The molecule has 26 heavy (non-hydrogen) atoms. The fraction of sp³-hybridized carbons (Fsp3) is 0.263. The molecule has 2 aromatic rings. The Morgan fingerprint density at radius 3 is 2.38 bits per heavy atom. The number of nitrogens with one attached hydrogen (secondary N) is 1. The highest BCUT2D eigenvalue weighted by Gasteiger charge is 1.98.